The largest absolute Gasteiger partial charge is 0.315 e. The van der Waals surface area contributed by atoms with Crippen LogP contribution in [0, 0.1) is 4.77 Å². The highest BCUT2D eigenvalue weighted by molar-refractivity contribution is 7.71. The number of H-pyrrole nitrogens is 1. The number of fused-ring (bicyclic) bond motifs is 2. The van der Waals surface area contributed by atoms with Gasteiger partial charge in [0.15, 0.2) is 10.4 Å². The Hall–Kier alpha value is -2.46. The minimum Gasteiger partial charge on any atom is -0.315 e. The maximum atomic E-state index is 5.56. The Bertz CT molecular complexity index is 1100. The summed E-state index contributed by atoms with van der Waals surface area (Å²) in [6, 6.07) is 17.1. The molecule has 0 atom stereocenters. The first kappa shape index (κ1) is 13.0. The number of hydrogen-bond donors (Lipinski definition) is 1. The lowest BCUT2D eigenvalue weighted by Gasteiger charge is -2.12. The molecule has 1 aliphatic carbocycles. The van der Waals surface area contributed by atoms with Gasteiger partial charge in [0.1, 0.15) is 0 Å². The molecule has 0 amide bonds. The van der Waals surface area contributed by atoms with Gasteiger partial charge in [-0.15, -0.1) is 0 Å². The zero-order chi connectivity index (χ0) is 15.4. The highest BCUT2D eigenvalue weighted by Gasteiger charge is 2.26. The Balaban J connectivity index is 1.88. The molecule has 1 N–H and O–H groups in total. The summed E-state index contributed by atoms with van der Waals surface area (Å²) in [7, 11) is 0. The van der Waals surface area contributed by atoms with E-state index in [9.17, 15) is 0 Å². The lowest BCUT2D eigenvalue weighted by Crippen LogP contribution is -1.97. The van der Waals surface area contributed by atoms with Crippen molar-refractivity contribution < 1.29 is 0 Å². The van der Waals surface area contributed by atoms with E-state index in [-0.39, 0.29) is 0 Å². The van der Waals surface area contributed by atoms with Gasteiger partial charge in [0.2, 0.25) is 0 Å². The minimum absolute atomic E-state index is 0.683. The van der Waals surface area contributed by atoms with E-state index in [0.717, 1.165) is 22.8 Å². The van der Waals surface area contributed by atoms with Gasteiger partial charge in [0.25, 0.3) is 0 Å². The number of hydrogen-bond acceptors (Lipinski definition) is 2. The van der Waals surface area contributed by atoms with E-state index < -0.39 is 0 Å². The van der Waals surface area contributed by atoms with Crippen LogP contribution < -0.4 is 0 Å². The first-order valence-electron chi connectivity index (χ1n) is 7.91. The number of aromatic amines is 1. The predicted octanol–water partition coefficient (Wildman–Crippen LogP) is 5.11. The van der Waals surface area contributed by atoms with Crippen molar-refractivity contribution in [1.82, 2.24) is 14.5 Å². The summed E-state index contributed by atoms with van der Waals surface area (Å²) in [6.07, 6.45) is 4.39. The Morgan fingerprint density at radius 3 is 2.65 bits per heavy atom. The zero-order valence-corrected chi connectivity index (χ0v) is 13.3. The number of aromatic nitrogens is 3. The average Bonchev–Trinajstić information content (AvgIpc) is 3.36. The first-order valence-corrected chi connectivity index (χ1v) is 8.31. The third kappa shape index (κ3) is 1.95. The maximum absolute atomic E-state index is 5.56. The van der Waals surface area contributed by atoms with Crippen LogP contribution >= 0.6 is 12.2 Å². The van der Waals surface area contributed by atoms with Crippen molar-refractivity contribution in [2.45, 2.75) is 18.8 Å². The molecule has 0 spiro atoms. The van der Waals surface area contributed by atoms with Crippen molar-refractivity contribution >= 4 is 34.2 Å². The van der Waals surface area contributed by atoms with Crippen molar-refractivity contribution in [3.05, 3.63) is 65.1 Å². The smallest absolute Gasteiger partial charge is 0.184 e. The molecule has 2 heterocycles. The Morgan fingerprint density at radius 1 is 1.00 bits per heavy atom. The quantitative estimate of drug-likeness (QED) is 0.521. The van der Waals surface area contributed by atoms with Gasteiger partial charge in [-0.25, -0.2) is 4.98 Å². The molecule has 4 aromatic rings. The van der Waals surface area contributed by atoms with E-state index in [4.69, 9.17) is 12.2 Å². The Labute approximate surface area is 138 Å². The molecule has 2 aromatic heterocycles. The molecule has 23 heavy (non-hydrogen) atoms. The number of nitrogens with zero attached hydrogens (tertiary/aromatic N) is 2. The molecule has 5 rings (SSSR count). The number of benzene rings is 2. The van der Waals surface area contributed by atoms with Gasteiger partial charge in [-0.3, -0.25) is 4.57 Å². The van der Waals surface area contributed by atoms with E-state index in [2.05, 4.69) is 57.0 Å². The summed E-state index contributed by atoms with van der Waals surface area (Å²) in [5.41, 5.74) is 4.43. The van der Waals surface area contributed by atoms with Crippen LogP contribution in [-0.4, -0.2) is 14.5 Å². The average molecular weight is 317 g/mol. The van der Waals surface area contributed by atoms with Crippen molar-refractivity contribution in [3.8, 4) is 5.69 Å². The molecule has 0 bridgehead atoms. The molecule has 0 saturated heterocycles. The summed E-state index contributed by atoms with van der Waals surface area (Å²) in [4.78, 5) is 7.59. The molecule has 2 aromatic carbocycles. The van der Waals surface area contributed by atoms with Crippen LogP contribution in [0.2, 0.25) is 0 Å². The first-order chi connectivity index (χ1) is 11.3. The van der Waals surface area contributed by atoms with Crippen LogP contribution in [-0.2, 0) is 0 Å². The number of nitrogens with one attached hydrogen (secondary N) is 1. The van der Waals surface area contributed by atoms with E-state index in [0.29, 0.717) is 4.77 Å². The standard InChI is InChI=1S/C19H15N3S/c23-19-21-18-17(6-3-11-20-18)22(19)16-10-9-13(12-7-8-12)14-4-1-2-5-15(14)16/h1-6,9-12H,7-8H2,(H,20,21,23). The molecule has 4 heteroatoms. The fourth-order valence-corrected chi connectivity index (χ4v) is 3.72. The van der Waals surface area contributed by atoms with Crippen LogP contribution in [0.1, 0.15) is 24.3 Å². The molecular formula is C19H15N3S. The fourth-order valence-electron chi connectivity index (χ4n) is 3.43. The minimum atomic E-state index is 0.683. The third-order valence-electron chi connectivity index (χ3n) is 4.65. The number of pyridine rings is 1. The summed E-state index contributed by atoms with van der Waals surface area (Å²) in [6.45, 7) is 0. The molecule has 0 radical (unpaired) electrons. The second-order valence-corrected chi connectivity index (χ2v) is 6.52. The molecule has 1 fully saturated rings. The monoisotopic (exact) mass is 317 g/mol. The van der Waals surface area contributed by atoms with Gasteiger partial charge in [-0.1, -0.05) is 30.3 Å². The number of rotatable bonds is 2. The van der Waals surface area contributed by atoms with Crippen molar-refractivity contribution in [3.63, 3.8) is 0 Å². The molecule has 0 unspecified atom stereocenters. The van der Waals surface area contributed by atoms with Crippen molar-refractivity contribution in [1.29, 1.82) is 0 Å². The van der Waals surface area contributed by atoms with Gasteiger partial charge in [-0.2, -0.15) is 0 Å². The second-order valence-electron chi connectivity index (χ2n) is 6.13. The van der Waals surface area contributed by atoms with Crippen LogP contribution in [0.3, 0.4) is 0 Å². The Kier molecular flexibility index (Phi) is 2.70. The van der Waals surface area contributed by atoms with Gasteiger partial charge >= 0.3 is 0 Å². The molecule has 1 saturated carbocycles. The highest BCUT2D eigenvalue weighted by Crippen LogP contribution is 2.44. The number of imidazole rings is 1. The van der Waals surface area contributed by atoms with Crippen molar-refractivity contribution in [2.75, 3.05) is 0 Å². The SMILES string of the molecule is S=c1[nH]c2ncccc2n1-c1ccc(C2CC2)c2ccccc12. The molecule has 0 aliphatic heterocycles. The summed E-state index contributed by atoms with van der Waals surface area (Å²) in [5.74, 6) is 0.728. The Morgan fingerprint density at radius 2 is 1.83 bits per heavy atom. The second kappa shape index (κ2) is 4.77. The normalized spacial score (nSPS) is 14.6. The van der Waals surface area contributed by atoms with Crippen LogP contribution in [0.5, 0.6) is 0 Å². The molecule has 3 nitrogen and oxygen atoms in total. The fraction of sp³-hybridized carbons (Fsp3) is 0.158. The maximum Gasteiger partial charge on any atom is 0.184 e. The van der Waals surface area contributed by atoms with Gasteiger partial charge < -0.3 is 4.98 Å². The third-order valence-corrected chi connectivity index (χ3v) is 4.93. The zero-order valence-electron chi connectivity index (χ0n) is 12.5. The van der Waals surface area contributed by atoms with Crippen LogP contribution in [0.15, 0.2) is 54.7 Å². The van der Waals surface area contributed by atoms with E-state index in [1.165, 1.54) is 29.2 Å². The molecular weight excluding hydrogens is 302 g/mol. The molecule has 112 valence electrons. The summed E-state index contributed by atoms with van der Waals surface area (Å²) >= 11 is 5.56. The van der Waals surface area contributed by atoms with Crippen LogP contribution in [0.4, 0.5) is 0 Å². The van der Waals surface area contributed by atoms with E-state index in [1.807, 2.05) is 6.07 Å². The van der Waals surface area contributed by atoms with Crippen molar-refractivity contribution in [2.24, 2.45) is 0 Å². The predicted molar refractivity (Wildman–Crippen MR) is 95.7 cm³/mol. The van der Waals surface area contributed by atoms with E-state index in [1.54, 1.807) is 6.20 Å². The van der Waals surface area contributed by atoms with Gasteiger partial charge in [-0.05, 0) is 60.1 Å². The van der Waals surface area contributed by atoms with Crippen LogP contribution in [0.25, 0.3) is 27.6 Å². The lowest BCUT2D eigenvalue weighted by molar-refractivity contribution is 1.07. The molecule has 1 aliphatic rings. The topological polar surface area (TPSA) is 33.6 Å². The lowest BCUT2D eigenvalue weighted by atomic mass is 9.99. The summed E-state index contributed by atoms with van der Waals surface area (Å²) < 4.78 is 2.78. The highest BCUT2D eigenvalue weighted by atomic mass is 32.1. The van der Waals surface area contributed by atoms with Gasteiger partial charge in [0, 0.05) is 11.6 Å². The summed E-state index contributed by atoms with van der Waals surface area (Å²) in [5, 5.41) is 2.59. The van der Waals surface area contributed by atoms with E-state index >= 15 is 0 Å². The van der Waals surface area contributed by atoms with Gasteiger partial charge in [0.05, 0.1) is 11.2 Å².